The van der Waals surface area contributed by atoms with Crippen LogP contribution in [0.3, 0.4) is 0 Å². The zero-order valence-corrected chi connectivity index (χ0v) is 15.7. The predicted molar refractivity (Wildman–Crippen MR) is 108 cm³/mol. The number of rotatable bonds is 3. The zero-order chi connectivity index (χ0) is 19.8. The Morgan fingerprint density at radius 3 is 2.83 bits per heavy atom. The van der Waals surface area contributed by atoms with E-state index in [0.717, 1.165) is 52.8 Å². The van der Waals surface area contributed by atoms with Gasteiger partial charge in [0.2, 0.25) is 0 Å². The summed E-state index contributed by atoms with van der Waals surface area (Å²) in [7, 11) is 0. The molecule has 0 aliphatic carbocycles. The summed E-state index contributed by atoms with van der Waals surface area (Å²) >= 11 is 0. The minimum absolute atomic E-state index is 0.187. The van der Waals surface area contributed by atoms with Crippen molar-refractivity contribution in [2.45, 2.75) is 25.3 Å². The number of aromatic nitrogens is 5. The van der Waals surface area contributed by atoms with Gasteiger partial charge in [0, 0.05) is 36.1 Å². The summed E-state index contributed by atoms with van der Waals surface area (Å²) in [5.74, 6) is 0. The SMILES string of the molecule is O=C(O)N1CCCCC1c1ccn(-c2ccc3[nH]nc(-c4ccncc4)c3c2)n1. The van der Waals surface area contributed by atoms with Gasteiger partial charge in [-0.05, 0) is 55.7 Å². The minimum atomic E-state index is -0.883. The van der Waals surface area contributed by atoms with Crippen LogP contribution in [0, 0.1) is 0 Å². The van der Waals surface area contributed by atoms with E-state index in [4.69, 9.17) is 5.10 Å². The number of piperidine rings is 1. The van der Waals surface area contributed by atoms with Crippen LogP contribution in [0.4, 0.5) is 4.79 Å². The van der Waals surface area contributed by atoms with Gasteiger partial charge >= 0.3 is 6.09 Å². The average Bonchev–Trinajstić information content (AvgIpc) is 3.41. The van der Waals surface area contributed by atoms with Crippen LogP contribution in [0.5, 0.6) is 0 Å². The Morgan fingerprint density at radius 2 is 2.00 bits per heavy atom. The number of H-pyrrole nitrogens is 1. The summed E-state index contributed by atoms with van der Waals surface area (Å²) in [4.78, 5) is 17.1. The number of benzene rings is 1. The second kappa shape index (κ2) is 7.05. The molecule has 4 heterocycles. The largest absolute Gasteiger partial charge is 0.465 e. The molecule has 1 unspecified atom stereocenters. The summed E-state index contributed by atoms with van der Waals surface area (Å²) in [6, 6.07) is 11.6. The first-order valence-corrected chi connectivity index (χ1v) is 9.65. The highest BCUT2D eigenvalue weighted by molar-refractivity contribution is 5.94. The molecule has 3 aromatic heterocycles. The minimum Gasteiger partial charge on any atom is -0.465 e. The number of aromatic amines is 1. The fourth-order valence-electron chi connectivity index (χ4n) is 4.00. The molecule has 1 atom stereocenters. The number of pyridine rings is 1. The second-order valence-electron chi connectivity index (χ2n) is 7.21. The lowest BCUT2D eigenvalue weighted by Gasteiger charge is -2.32. The molecule has 2 N–H and O–H groups in total. The lowest BCUT2D eigenvalue weighted by Crippen LogP contribution is -2.37. The van der Waals surface area contributed by atoms with Gasteiger partial charge in [-0.15, -0.1) is 0 Å². The van der Waals surface area contributed by atoms with E-state index in [9.17, 15) is 9.90 Å². The van der Waals surface area contributed by atoms with E-state index in [-0.39, 0.29) is 6.04 Å². The maximum absolute atomic E-state index is 11.6. The topological polar surface area (TPSA) is 99.9 Å². The van der Waals surface area contributed by atoms with E-state index < -0.39 is 6.09 Å². The summed E-state index contributed by atoms with van der Waals surface area (Å²) in [6.07, 6.45) is 7.21. The number of carboxylic acid groups (broad SMARTS) is 1. The van der Waals surface area contributed by atoms with Gasteiger partial charge < -0.3 is 5.11 Å². The molecule has 0 bridgehead atoms. The van der Waals surface area contributed by atoms with E-state index in [1.165, 1.54) is 4.90 Å². The van der Waals surface area contributed by atoms with Crippen LogP contribution >= 0.6 is 0 Å². The van der Waals surface area contributed by atoms with Crippen molar-refractivity contribution < 1.29 is 9.90 Å². The number of nitrogens with zero attached hydrogens (tertiary/aromatic N) is 5. The van der Waals surface area contributed by atoms with Gasteiger partial charge in [0.15, 0.2) is 0 Å². The van der Waals surface area contributed by atoms with Gasteiger partial charge in [-0.3, -0.25) is 15.0 Å². The van der Waals surface area contributed by atoms with Crippen molar-refractivity contribution in [3.63, 3.8) is 0 Å². The molecule has 1 fully saturated rings. The molecule has 0 spiro atoms. The standard InChI is InChI=1S/C21H20N6O2/c28-21(29)26-11-2-1-3-19(26)18-8-12-27(25-18)15-4-5-17-16(13-15)20(24-23-17)14-6-9-22-10-7-14/h4-10,12-13,19H,1-3,11H2,(H,23,24)(H,28,29). The molecule has 0 saturated carbocycles. The van der Waals surface area contributed by atoms with Crippen LogP contribution in [-0.2, 0) is 0 Å². The Morgan fingerprint density at radius 1 is 1.14 bits per heavy atom. The molecule has 29 heavy (non-hydrogen) atoms. The van der Waals surface area contributed by atoms with Crippen molar-refractivity contribution in [1.82, 2.24) is 29.9 Å². The number of likely N-dealkylation sites (tertiary alicyclic amines) is 1. The molecular formula is C21H20N6O2. The van der Waals surface area contributed by atoms with Crippen LogP contribution < -0.4 is 0 Å². The third-order valence-corrected chi connectivity index (χ3v) is 5.46. The van der Waals surface area contributed by atoms with Crippen LogP contribution in [0.2, 0.25) is 0 Å². The number of amides is 1. The summed E-state index contributed by atoms with van der Waals surface area (Å²) < 4.78 is 1.80. The Hall–Kier alpha value is -3.68. The molecule has 8 heteroatoms. The number of hydrogen-bond donors (Lipinski definition) is 2. The molecule has 5 rings (SSSR count). The summed E-state index contributed by atoms with van der Waals surface area (Å²) in [6.45, 7) is 0.559. The highest BCUT2D eigenvalue weighted by atomic mass is 16.4. The lowest BCUT2D eigenvalue weighted by atomic mass is 10.0. The Labute approximate surface area is 166 Å². The van der Waals surface area contributed by atoms with Gasteiger partial charge in [-0.1, -0.05) is 0 Å². The van der Waals surface area contributed by atoms with E-state index in [1.54, 1.807) is 17.1 Å². The molecule has 1 aliphatic heterocycles. The summed E-state index contributed by atoms with van der Waals surface area (Å²) in [5, 5.41) is 22.7. The second-order valence-corrected chi connectivity index (χ2v) is 7.21. The summed E-state index contributed by atoms with van der Waals surface area (Å²) in [5.41, 5.74) is 4.48. The first-order valence-electron chi connectivity index (χ1n) is 9.65. The maximum atomic E-state index is 11.6. The third kappa shape index (κ3) is 3.12. The van der Waals surface area contributed by atoms with Crippen LogP contribution in [-0.4, -0.2) is 47.6 Å². The van der Waals surface area contributed by atoms with Gasteiger partial charge in [-0.25, -0.2) is 9.48 Å². The Kier molecular flexibility index (Phi) is 4.23. The molecule has 1 aromatic carbocycles. The van der Waals surface area contributed by atoms with E-state index in [0.29, 0.717) is 6.54 Å². The molecule has 1 saturated heterocycles. The van der Waals surface area contributed by atoms with Gasteiger partial charge in [0.05, 0.1) is 22.9 Å². The third-order valence-electron chi connectivity index (χ3n) is 5.46. The van der Waals surface area contributed by atoms with Gasteiger partial charge in [0.25, 0.3) is 0 Å². The van der Waals surface area contributed by atoms with E-state index >= 15 is 0 Å². The van der Waals surface area contributed by atoms with E-state index in [1.807, 2.05) is 42.6 Å². The molecule has 146 valence electrons. The number of hydrogen-bond acceptors (Lipinski definition) is 4. The fourth-order valence-corrected chi connectivity index (χ4v) is 4.00. The Bertz CT molecular complexity index is 1170. The van der Waals surface area contributed by atoms with Crippen molar-refractivity contribution in [3.8, 4) is 16.9 Å². The zero-order valence-electron chi connectivity index (χ0n) is 15.7. The van der Waals surface area contributed by atoms with Crippen LogP contribution in [0.1, 0.15) is 31.0 Å². The molecule has 0 radical (unpaired) electrons. The quantitative estimate of drug-likeness (QED) is 0.552. The number of carbonyl (C=O) groups is 1. The molecular weight excluding hydrogens is 368 g/mol. The van der Waals surface area contributed by atoms with Crippen molar-refractivity contribution in [1.29, 1.82) is 0 Å². The van der Waals surface area contributed by atoms with Gasteiger partial charge in [0.1, 0.15) is 5.69 Å². The number of nitrogens with one attached hydrogen (secondary N) is 1. The monoisotopic (exact) mass is 388 g/mol. The highest BCUT2D eigenvalue weighted by Gasteiger charge is 2.29. The van der Waals surface area contributed by atoms with Crippen molar-refractivity contribution in [3.05, 3.63) is 60.7 Å². The van der Waals surface area contributed by atoms with Crippen LogP contribution in [0.25, 0.3) is 27.8 Å². The van der Waals surface area contributed by atoms with E-state index in [2.05, 4.69) is 15.2 Å². The normalized spacial score (nSPS) is 17.0. The average molecular weight is 388 g/mol. The highest BCUT2D eigenvalue weighted by Crippen LogP contribution is 2.31. The Balaban J connectivity index is 1.51. The fraction of sp³-hybridized carbons (Fsp3) is 0.238. The van der Waals surface area contributed by atoms with Crippen molar-refractivity contribution >= 4 is 17.0 Å². The van der Waals surface area contributed by atoms with Crippen molar-refractivity contribution in [2.75, 3.05) is 6.54 Å². The van der Waals surface area contributed by atoms with Crippen LogP contribution in [0.15, 0.2) is 55.0 Å². The first-order chi connectivity index (χ1) is 14.2. The molecule has 4 aromatic rings. The molecule has 8 nitrogen and oxygen atoms in total. The maximum Gasteiger partial charge on any atom is 0.407 e. The smallest absolute Gasteiger partial charge is 0.407 e. The molecule has 1 aliphatic rings. The number of fused-ring (bicyclic) bond motifs is 1. The lowest BCUT2D eigenvalue weighted by molar-refractivity contribution is 0.105. The first kappa shape index (κ1) is 17.4. The predicted octanol–water partition coefficient (Wildman–Crippen LogP) is 4.02. The van der Waals surface area contributed by atoms with Gasteiger partial charge in [-0.2, -0.15) is 10.2 Å². The molecule has 1 amide bonds. The van der Waals surface area contributed by atoms with Crippen molar-refractivity contribution in [2.24, 2.45) is 0 Å².